The van der Waals surface area contributed by atoms with Gasteiger partial charge in [-0.2, -0.15) is 15.5 Å². The van der Waals surface area contributed by atoms with E-state index in [1.165, 1.54) is 0 Å². The van der Waals surface area contributed by atoms with Gasteiger partial charge in [0.1, 0.15) is 11.6 Å². The molecule has 3 N–H and O–H groups in total. The normalized spacial score (nSPS) is 12.0. The van der Waals surface area contributed by atoms with Crippen molar-refractivity contribution in [3.8, 4) is 6.07 Å². The van der Waals surface area contributed by atoms with E-state index < -0.39 is 6.03 Å². The van der Waals surface area contributed by atoms with Gasteiger partial charge in [-0.3, -0.25) is 15.1 Å². The van der Waals surface area contributed by atoms with E-state index in [1.807, 2.05) is 39.8 Å². The average molecular weight is 315 g/mol. The zero-order chi connectivity index (χ0) is 17.0. The number of urea groups is 1. The molecule has 0 unspecified atom stereocenters. The molecule has 2 aromatic heterocycles. The Labute approximate surface area is 134 Å². The number of hydrogen-bond donors (Lipinski definition) is 3. The first kappa shape index (κ1) is 16.5. The predicted octanol–water partition coefficient (Wildman–Crippen LogP) is 2.12. The minimum atomic E-state index is -0.393. The lowest BCUT2D eigenvalue weighted by molar-refractivity contribution is 0.249. The van der Waals surface area contributed by atoms with Crippen LogP contribution < -0.4 is 10.6 Å². The summed E-state index contributed by atoms with van der Waals surface area (Å²) in [7, 11) is 0. The van der Waals surface area contributed by atoms with E-state index in [0.717, 1.165) is 11.4 Å². The second kappa shape index (κ2) is 6.96. The highest BCUT2D eigenvalue weighted by Crippen LogP contribution is 2.15. The first-order chi connectivity index (χ1) is 10.9. The molecule has 0 aliphatic carbocycles. The molecule has 0 spiro atoms. The van der Waals surface area contributed by atoms with E-state index in [0.29, 0.717) is 12.0 Å². The van der Waals surface area contributed by atoms with Gasteiger partial charge in [0.2, 0.25) is 0 Å². The molecule has 0 aliphatic rings. The van der Waals surface area contributed by atoms with E-state index in [-0.39, 0.29) is 17.9 Å². The molecule has 2 heterocycles. The van der Waals surface area contributed by atoms with Gasteiger partial charge >= 0.3 is 6.03 Å². The second-order valence-electron chi connectivity index (χ2n) is 5.82. The fourth-order valence-electron chi connectivity index (χ4n) is 2.14. The van der Waals surface area contributed by atoms with Gasteiger partial charge in [0.15, 0.2) is 5.82 Å². The number of rotatable bonds is 5. The Hall–Kier alpha value is -2.82. The second-order valence-corrected chi connectivity index (χ2v) is 5.82. The molecule has 8 heteroatoms. The standard InChI is InChI=1S/C15H21N7O/c1-9(2)22-8-12(7-16)14(21-22)18-15(23)17-10(3)5-13-6-11(4)19-20-13/h6,8-10H,5H2,1-4H3,(H,19,20)(H2,17,18,21,23)/t10-/m1/s1. The minimum absolute atomic E-state index is 0.101. The van der Waals surface area contributed by atoms with E-state index in [1.54, 1.807) is 10.9 Å². The summed E-state index contributed by atoms with van der Waals surface area (Å²) in [5.74, 6) is 0.265. The van der Waals surface area contributed by atoms with Crippen molar-refractivity contribution in [1.29, 1.82) is 5.26 Å². The number of amides is 2. The first-order valence-corrected chi connectivity index (χ1v) is 7.46. The minimum Gasteiger partial charge on any atom is -0.335 e. The van der Waals surface area contributed by atoms with E-state index in [4.69, 9.17) is 5.26 Å². The van der Waals surface area contributed by atoms with Crippen LogP contribution in [-0.4, -0.2) is 32.1 Å². The van der Waals surface area contributed by atoms with Crippen LogP contribution in [0.15, 0.2) is 12.3 Å². The number of nitrogens with one attached hydrogen (secondary N) is 3. The van der Waals surface area contributed by atoms with Gasteiger partial charge in [0.25, 0.3) is 0 Å². The monoisotopic (exact) mass is 315 g/mol. The zero-order valence-electron chi connectivity index (χ0n) is 13.7. The number of aryl methyl sites for hydroxylation is 1. The van der Waals surface area contributed by atoms with Crippen LogP contribution in [0.4, 0.5) is 10.6 Å². The molecule has 0 bridgehead atoms. The quantitative estimate of drug-likeness (QED) is 0.784. The van der Waals surface area contributed by atoms with Gasteiger partial charge in [-0.05, 0) is 33.8 Å². The van der Waals surface area contributed by atoms with Crippen LogP contribution in [0, 0.1) is 18.3 Å². The maximum Gasteiger partial charge on any atom is 0.320 e. The van der Waals surface area contributed by atoms with Gasteiger partial charge in [0, 0.05) is 30.4 Å². The largest absolute Gasteiger partial charge is 0.335 e. The zero-order valence-corrected chi connectivity index (χ0v) is 13.7. The van der Waals surface area contributed by atoms with Crippen LogP contribution in [0.1, 0.15) is 43.8 Å². The molecule has 8 nitrogen and oxygen atoms in total. The Balaban J connectivity index is 1.95. The van der Waals surface area contributed by atoms with E-state index in [9.17, 15) is 4.79 Å². The SMILES string of the molecule is Cc1cc(C[C@@H](C)NC(=O)Nc2nn(C(C)C)cc2C#N)n[nH]1. The molecule has 0 aromatic carbocycles. The first-order valence-electron chi connectivity index (χ1n) is 7.46. The van der Waals surface area contributed by atoms with Gasteiger partial charge < -0.3 is 5.32 Å². The summed E-state index contributed by atoms with van der Waals surface area (Å²) < 4.78 is 1.64. The third-order valence-corrected chi connectivity index (χ3v) is 3.27. The van der Waals surface area contributed by atoms with Gasteiger partial charge in [-0.25, -0.2) is 4.79 Å². The fraction of sp³-hybridized carbons (Fsp3) is 0.467. The summed E-state index contributed by atoms with van der Waals surface area (Å²) >= 11 is 0. The summed E-state index contributed by atoms with van der Waals surface area (Å²) in [6.45, 7) is 7.72. The maximum atomic E-state index is 12.1. The number of aromatic nitrogens is 4. The number of carbonyl (C=O) groups is 1. The van der Waals surface area contributed by atoms with Crippen molar-refractivity contribution in [1.82, 2.24) is 25.3 Å². The Kier molecular flexibility index (Phi) is 5.01. The highest BCUT2D eigenvalue weighted by atomic mass is 16.2. The van der Waals surface area contributed by atoms with Gasteiger partial charge in [-0.15, -0.1) is 0 Å². The number of nitrogens with zero attached hydrogens (tertiary/aromatic N) is 4. The molecule has 122 valence electrons. The number of H-pyrrole nitrogens is 1. The number of aromatic amines is 1. The number of nitriles is 1. The van der Waals surface area contributed by atoms with Crippen molar-refractivity contribution in [2.24, 2.45) is 0 Å². The molecule has 0 saturated heterocycles. The molecule has 1 atom stereocenters. The molecule has 0 fully saturated rings. The summed E-state index contributed by atoms with van der Waals surface area (Å²) in [4.78, 5) is 12.1. The van der Waals surface area contributed by atoms with Crippen LogP contribution in [-0.2, 0) is 6.42 Å². The van der Waals surface area contributed by atoms with Crippen molar-refractivity contribution in [2.45, 2.75) is 46.2 Å². The van der Waals surface area contributed by atoms with E-state index >= 15 is 0 Å². The molecular weight excluding hydrogens is 294 g/mol. The summed E-state index contributed by atoms with van der Waals surface area (Å²) in [5, 5.41) is 25.8. The Morgan fingerprint density at radius 2 is 2.22 bits per heavy atom. The fourth-order valence-corrected chi connectivity index (χ4v) is 2.14. The maximum absolute atomic E-state index is 12.1. The predicted molar refractivity (Wildman–Crippen MR) is 86.0 cm³/mol. The molecule has 2 rings (SSSR count). The number of anilines is 1. The van der Waals surface area contributed by atoms with Crippen LogP contribution in [0.25, 0.3) is 0 Å². The lowest BCUT2D eigenvalue weighted by atomic mass is 10.2. The van der Waals surface area contributed by atoms with Crippen LogP contribution in [0.2, 0.25) is 0 Å². The summed E-state index contributed by atoms with van der Waals surface area (Å²) in [6.07, 6.45) is 2.24. The molecule has 2 amide bonds. The van der Waals surface area contributed by atoms with Gasteiger partial charge in [-0.1, -0.05) is 0 Å². The molecule has 0 radical (unpaired) electrons. The van der Waals surface area contributed by atoms with Crippen molar-refractivity contribution in [3.63, 3.8) is 0 Å². The average Bonchev–Trinajstić information content (AvgIpc) is 3.04. The Morgan fingerprint density at radius 1 is 1.48 bits per heavy atom. The Morgan fingerprint density at radius 3 is 2.78 bits per heavy atom. The third kappa shape index (κ3) is 4.32. The molecule has 0 aliphatic heterocycles. The molecule has 23 heavy (non-hydrogen) atoms. The molecular formula is C15H21N7O. The number of hydrogen-bond acceptors (Lipinski definition) is 4. The van der Waals surface area contributed by atoms with E-state index in [2.05, 4.69) is 25.9 Å². The summed E-state index contributed by atoms with van der Waals surface area (Å²) in [6, 6.07) is 3.59. The van der Waals surface area contributed by atoms with Crippen molar-refractivity contribution in [3.05, 3.63) is 29.2 Å². The van der Waals surface area contributed by atoms with Crippen LogP contribution in [0.3, 0.4) is 0 Å². The Bertz CT molecular complexity index is 723. The van der Waals surface area contributed by atoms with Crippen LogP contribution in [0.5, 0.6) is 0 Å². The van der Waals surface area contributed by atoms with Crippen molar-refractivity contribution < 1.29 is 4.79 Å². The van der Waals surface area contributed by atoms with Crippen LogP contribution >= 0.6 is 0 Å². The smallest absolute Gasteiger partial charge is 0.320 e. The van der Waals surface area contributed by atoms with Crippen molar-refractivity contribution >= 4 is 11.8 Å². The third-order valence-electron chi connectivity index (χ3n) is 3.27. The highest BCUT2D eigenvalue weighted by Gasteiger charge is 2.15. The summed E-state index contributed by atoms with van der Waals surface area (Å²) in [5.41, 5.74) is 2.20. The lowest BCUT2D eigenvalue weighted by Crippen LogP contribution is -2.37. The number of carbonyl (C=O) groups excluding carboxylic acids is 1. The molecule has 2 aromatic rings. The highest BCUT2D eigenvalue weighted by molar-refractivity contribution is 5.89. The molecule has 0 saturated carbocycles. The lowest BCUT2D eigenvalue weighted by Gasteiger charge is -2.12. The topological polar surface area (TPSA) is 111 Å². The van der Waals surface area contributed by atoms with Crippen molar-refractivity contribution in [2.75, 3.05) is 5.32 Å². The van der Waals surface area contributed by atoms with Gasteiger partial charge in [0.05, 0.1) is 5.69 Å².